The third-order valence-electron chi connectivity index (χ3n) is 1.50. The molecule has 0 amide bonds. The van der Waals surface area contributed by atoms with Crippen molar-refractivity contribution in [2.75, 3.05) is 0 Å². The zero-order chi connectivity index (χ0) is 9.84. The third-order valence-corrected chi connectivity index (χ3v) is 1.50. The Morgan fingerprint density at radius 2 is 1.86 bits per heavy atom. The van der Waals surface area contributed by atoms with Gasteiger partial charge in [-0.05, 0) is 31.2 Å². The number of carboxylic acids is 1. The molecule has 0 unspecified atom stereocenters. The Bertz CT molecular complexity index is 296. The summed E-state index contributed by atoms with van der Waals surface area (Å²) in [5.41, 5.74) is 0. The van der Waals surface area contributed by atoms with Crippen LogP contribution in [0.1, 0.15) is 6.92 Å². The fraction of sp³-hybridized carbons (Fsp3) is 0.222. The van der Waals surface area contributed by atoms with Gasteiger partial charge in [-0.1, -0.05) is 0 Å². The van der Waals surface area contributed by atoms with Crippen LogP contribution in [0, 0.1) is 0 Å². The van der Waals surface area contributed by atoms with E-state index in [2.05, 4.69) is 0 Å². The van der Waals surface area contributed by atoms with Crippen molar-refractivity contribution in [3.63, 3.8) is 0 Å². The van der Waals surface area contributed by atoms with Gasteiger partial charge in [-0.15, -0.1) is 0 Å². The van der Waals surface area contributed by atoms with Gasteiger partial charge in [0, 0.05) is 0 Å². The van der Waals surface area contributed by atoms with E-state index in [-0.39, 0.29) is 35.3 Å². The third kappa shape index (κ3) is 4.00. The molecule has 0 saturated heterocycles. The van der Waals surface area contributed by atoms with Crippen molar-refractivity contribution in [1.82, 2.24) is 0 Å². The monoisotopic (exact) mass is 206 g/mol. The molecule has 1 atom stereocenters. The number of phenolic OH excluding ortho intramolecular Hbond substituents is 1. The first-order chi connectivity index (χ1) is 6.09. The second-order valence-corrected chi connectivity index (χ2v) is 2.59. The summed E-state index contributed by atoms with van der Waals surface area (Å²) >= 11 is 0. The Labute approximate surface area is 104 Å². The quantitative estimate of drug-likeness (QED) is 0.710. The number of carboxylic acid groups (broad SMARTS) is 1. The van der Waals surface area contributed by atoms with Crippen molar-refractivity contribution in [3.8, 4) is 11.5 Å². The first-order valence-corrected chi connectivity index (χ1v) is 3.78. The number of ether oxygens (including phenoxy) is 1. The van der Waals surface area contributed by atoms with E-state index in [0.717, 1.165) is 0 Å². The maximum atomic E-state index is 10.4. The molecule has 0 heterocycles. The van der Waals surface area contributed by atoms with Crippen LogP contribution in [0.25, 0.3) is 0 Å². The van der Waals surface area contributed by atoms with Gasteiger partial charge in [-0.3, -0.25) is 0 Å². The Hall–Kier alpha value is -0.710. The topological polar surface area (TPSA) is 66.8 Å². The number of hydrogen-bond acceptors (Lipinski definition) is 3. The fourth-order valence-electron chi connectivity index (χ4n) is 0.779. The van der Waals surface area contributed by atoms with Crippen LogP contribution in [-0.4, -0.2) is 51.8 Å². The van der Waals surface area contributed by atoms with Gasteiger partial charge in [0.25, 0.3) is 0 Å². The molecular weight excluding hydrogens is 195 g/mol. The summed E-state index contributed by atoms with van der Waals surface area (Å²) < 4.78 is 5.02. The standard InChI is InChI=1S/C9H10O4.Na.H/c1-6(9(11)12)13-8-4-2-7(10)3-5-8;;/h2-6,10H,1H3,(H,11,12);;/t6-;;/m1../s1. The summed E-state index contributed by atoms with van der Waals surface area (Å²) in [6, 6.07) is 5.89. The van der Waals surface area contributed by atoms with Gasteiger partial charge >= 0.3 is 35.5 Å². The first-order valence-electron chi connectivity index (χ1n) is 3.78. The van der Waals surface area contributed by atoms with Crippen LogP contribution in [0.5, 0.6) is 11.5 Å². The van der Waals surface area contributed by atoms with Crippen LogP contribution < -0.4 is 4.74 Å². The molecular formula is C9H11NaO4. The van der Waals surface area contributed by atoms with E-state index in [1.54, 1.807) is 0 Å². The molecule has 0 spiro atoms. The Morgan fingerprint density at radius 1 is 1.36 bits per heavy atom. The Morgan fingerprint density at radius 3 is 2.29 bits per heavy atom. The van der Waals surface area contributed by atoms with Gasteiger partial charge in [0.05, 0.1) is 0 Å². The van der Waals surface area contributed by atoms with Crippen LogP contribution in [0.15, 0.2) is 24.3 Å². The molecule has 0 fully saturated rings. The van der Waals surface area contributed by atoms with Gasteiger partial charge in [0.1, 0.15) is 11.5 Å². The van der Waals surface area contributed by atoms with Gasteiger partial charge in [-0.2, -0.15) is 0 Å². The molecule has 1 rings (SSSR count). The minimum atomic E-state index is -1.02. The van der Waals surface area contributed by atoms with Gasteiger partial charge in [-0.25, -0.2) is 4.79 Å². The number of rotatable bonds is 3. The molecule has 0 bridgehead atoms. The zero-order valence-corrected chi connectivity index (χ0v) is 7.10. The number of phenols is 1. The van der Waals surface area contributed by atoms with Crippen molar-refractivity contribution in [2.45, 2.75) is 13.0 Å². The van der Waals surface area contributed by atoms with Crippen molar-refractivity contribution in [1.29, 1.82) is 0 Å². The van der Waals surface area contributed by atoms with Crippen LogP contribution in [0.2, 0.25) is 0 Å². The average Bonchev–Trinajstić information content (AvgIpc) is 2.08. The first kappa shape index (κ1) is 13.3. The number of aromatic hydroxyl groups is 1. The Kier molecular flexibility index (Phi) is 5.60. The SMILES string of the molecule is C[C@@H](Oc1ccc(O)cc1)C(=O)O.[NaH]. The normalized spacial score (nSPS) is 11.2. The summed E-state index contributed by atoms with van der Waals surface area (Å²) in [5.74, 6) is -0.476. The summed E-state index contributed by atoms with van der Waals surface area (Å²) in [5, 5.41) is 17.5. The Balaban J connectivity index is 0.00000169. The van der Waals surface area contributed by atoms with Gasteiger partial charge in [0.2, 0.25) is 0 Å². The predicted molar refractivity (Wildman–Crippen MR) is 53.0 cm³/mol. The van der Waals surface area contributed by atoms with Crippen LogP contribution in [0.3, 0.4) is 0 Å². The van der Waals surface area contributed by atoms with Gasteiger partial charge in [0.15, 0.2) is 6.10 Å². The molecule has 5 heteroatoms. The number of carbonyl (C=O) groups is 1. The second-order valence-electron chi connectivity index (χ2n) is 2.59. The number of benzene rings is 1. The van der Waals surface area contributed by atoms with Crippen LogP contribution in [0.4, 0.5) is 0 Å². The van der Waals surface area contributed by atoms with E-state index in [9.17, 15) is 4.79 Å². The van der Waals surface area contributed by atoms with E-state index in [1.807, 2.05) is 0 Å². The molecule has 4 nitrogen and oxygen atoms in total. The van der Waals surface area contributed by atoms with Crippen LogP contribution in [-0.2, 0) is 4.79 Å². The average molecular weight is 206 g/mol. The molecule has 0 aliphatic rings. The summed E-state index contributed by atoms with van der Waals surface area (Å²) in [6.07, 6.45) is -0.885. The molecule has 14 heavy (non-hydrogen) atoms. The van der Waals surface area contributed by atoms with E-state index in [1.165, 1.54) is 31.2 Å². The summed E-state index contributed by atoms with van der Waals surface area (Å²) in [6.45, 7) is 1.44. The molecule has 0 saturated carbocycles. The van der Waals surface area contributed by atoms with Crippen molar-refractivity contribution >= 4 is 35.5 Å². The van der Waals surface area contributed by atoms with E-state index in [0.29, 0.717) is 5.75 Å². The molecule has 0 aliphatic carbocycles. The molecule has 2 N–H and O–H groups in total. The predicted octanol–water partition coefficient (Wildman–Crippen LogP) is 0.596. The van der Waals surface area contributed by atoms with Crippen molar-refractivity contribution in [3.05, 3.63) is 24.3 Å². The zero-order valence-electron chi connectivity index (χ0n) is 7.10. The summed E-state index contributed by atoms with van der Waals surface area (Å²) in [4.78, 5) is 10.4. The molecule has 72 valence electrons. The number of hydrogen-bond donors (Lipinski definition) is 2. The van der Waals surface area contributed by atoms with Crippen LogP contribution >= 0.6 is 0 Å². The molecule has 0 aliphatic heterocycles. The van der Waals surface area contributed by atoms with Crippen molar-refractivity contribution in [2.24, 2.45) is 0 Å². The molecule has 0 aromatic heterocycles. The fourth-order valence-corrected chi connectivity index (χ4v) is 0.779. The summed E-state index contributed by atoms with van der Waals surface area (Å²) in [7, 11) is 0. The molecule has 1 aromatic carbocycles. The molecule has 0 radical (unpaired) electrons. The maximum absolute atomic E-state index is 10.4. The number of aliphatic carboxylic acids is 1. The van der Waals surface area contributed by atoms with E-state index in [4.69, 9.17) is 14.9 Å². The van der Waals surface area contributed by atoms with E-state index < -0.39 is 12.1 Å². The van der Waals surface area contributed by atoms with Crippen molar-refractivity contribution < 1.29 is 19.7 Å². The van der Waals surface area contributed by atoms with Gasteiger partial charge < -0.3 is 14.9 Å². The minimum absolute atomic E-state index is 0. The second kappa shape index (κ2) is 5.90. The van der Waals surface area contributed by atoms with E-state index >= 15 is 0 Å². The molecule has 1 aromatic rings.